The second-order valence-electron chi connectivity index (χ2n) is 4.81. The van der Waals surface area contributed by atoms with Crippen molar-refractivity contribution >= 4 is 0 Å². The average molecular weight is 248 g/mol. The van der Waals surface area contributed by atoms with E-state index >= 15 is 0 Å². The summed E-state index contributed by atoms with van der Waals surface area (Å²) >= 11 is 0. The largest absolute Gasteiger partial charge is 0.396 e. The molecule has 0 heterocycles. The number of aliphatic hydroxyl groups is 4. The van der Waals surface area contributed by atoms with Gasteiger partial charge in [-0.1, -0.05) is 0 Å². The first-order valence-electron chi connectivity index (χ1n) is 6.68. The van der Waals surface area contributed by atoms with Gasteiger partial charge in [0.2, 0.25) is 0 Å². The van der Waals surface area contributed by atoms with Crippen LogP contribution in [0.2, 0.25) is 0 Å². The van der Waals surface area contributed by atoms with E-state index in [-0.39, 0.29) is 31.8 Å². The lowest BCUT2D eigenvalue weighted by Crippen LogP contribution is -2.23. The Hall–Kier alpha value is -0.160. The van der Waals surface area contributed by atoms with Crippen molar-refractivity contribution in [2.75, 3.05) is 26.4 Å². The van der Waals surface area contributed by atoms with Gasteiger partial charge < -0.3 is 20.4 Å². The van der Waals surface area contributed by atoms with Crippen LogP contribution >= 0.6 is 0 Å². The van der Waals surface area contributed by atoms with Gasteiger partial charge in [0.25, 0.3) is 0 Å². The van der Waals surface area contributed by atoms with Crippen LogP contribution in [0.15, 0.2) is 0 Å². The van der Waals surface area contributed by atoms with Gasteiger partial charge in [-0.05, 0) is 56.8 Å². The molecule has 4 heteroatoms. The average Bonchev–Trinajstić information content (AvgIpc) is 2.37. The van der Waals surface area contributed by atoms with E-state index in [1.807, 2.05) is 0 Å². The molecular weight excluding hydrogens is 220 g/mol. The van der Waals surface area contributed by atoms with E-state index in [1.54, 1.807) is 0 Å². The summed E-state index contributed by atoms with van der Waals surface area (Å²) in [5, 5.41) is 35.8. The highest BCUT2D eigenvalue weighted by Gasteiger charge is 2.27. The molecular formula is C13H28O4. The van der Waals surface area contributed by atoms with E-state index in [0.29, 0.717) is 0 Å². The third-order valence-corrected chi connectivity index (χ3v) is 3.46. The molecule has 0 aliphatic heterocycles. The van der Waals surface area contributed by atoms with E-state index in [0.717, 1.165) is 51.4 Å². The number of hydrogen-bond donors (Lipinski definition) is 4. The Balaban J connectivity index is 4.39. The summed E-state index contributed by atoms with van der Waals surface area (Å²) in [6, 6.07) is 0. The molecule has 0 spiro atoms. The quantitative estimate of drug-likeness (QED) is 0.416. The molecule has 0 radical (unpaired) electrons. The van der Waals surface area contributed by atoms with Gasteiger partial charge in [-0.25, -0.2) is 0 Å². The molecule has 0 aromatic rings. The standard InChI is InChI=1S/C13H28O4/c14-9-1-5-13(6-2-10-15,7-3-11-16)8-4-12-17/h14-17H,1-12H2. The van der Waals surface area contributed by atoms with Crippen LogP contribution in [0.25, 0.3) is 0 Å². The zero-order valence-electron chi connectivity index (χ0n) is 10.8. The summed E-state index contributed by atoms with van der Waals surface area (Å²) in [5.74, 6) is 0. The molecule has 0 saturated heterocycles. The fraction of sp³-hybridized carbons (Fsp3) is 1.00. The van der Waals surface area contributed by atoms with Crippen LogP contribution < -0.4 is 0 Å². The predicted molar refractivity (Wildman–Crippen MR) is 67.7 cm³/mol. The summed E-state index contributed by atoms with van der Waals surface area (Å²) in [6.45, 7) is 0.719. The molecule has 0 saturated carbocycles. The number of aliphatic hydroxyl groups excluding tert-OH is 4. The van der Waals surface area contributed by atoms with Crippen LogP contribution in [-0.4, -0.2) is 46.9 Å². The Bertz CT molecular complexity index is 124. The monoisotopic (exact) mass is 248 g/mol. The van der Waals surface area contributed by atoms with Crippen molar-refractivity contribution in [3.63, 3.8) is 0 Å². The SMILES string of the molecule is OCCCC(CCCO)(CCCO)CCCO. The third kappa shape index (κ3) is 7.71. The van der Waals surface area contributed by atoms with Crippen LogP contribution in [0.4, 0.5) is 0 Å². The van der Waals surface area contributed by atoms with Crippen molar-refractivity contribution in [1.82, 2.24) is 0 Å². The normalized spacial score (nSPS) is 12.0. The van der Waals surface area contributed by atoms with E-state index < -0.39 is 0 Å². The lowest BCUT2D eigenvalue weighted by molar-refractivity contribution is 0.125. The lowest BCUT2D eigenvalue weighted by Gasteiger charge is -2.34. The van der Waals surface area contributed by atoms with Gasteiger partial charge in [-0.15, -0.1) is 0 Å². The topological polar surface area (TPSA) is 80.9 Å². The summed E-state index contributed by atoms with van der Waals surface area (Å²) in [4.78, 5) is 0. The highest BCUT2D eigenvalue weighted by molar-refractivity contribution is 4.79. The summed E-state index contributed by atoms with van der Waals surface area (Å²) in [5.41, 5.74) is 0.0664. The van der Waals surface area contributed by atoms with Crippen LogP contribution in [0, 0.1) is 5.41 Å². The van der Waals surface area contributed by atoms with Gasteiger partial charge in [0.05, 0.1) is 0 Å². The van der Waals surface area contributed by atoms with Crippen LogP contribution in [0.1, 0.15) is 51.4 Å². The van der Waals surface area contributed by atoms with Crippen molar-refractivity contribution in [2.45, 2.75) is 51.4 Å². The van der Waals surface area contributed by atoms with E-state index in [4.69, 9.17) is 20.4 Å². The molecule has 0 aliphatic rings. The smallest absolute Gasteiger partial charge is 0.0431 e. The number of rotatable bonds is 12. The molecule has 0 fully saturated rings. The van der Waals surface area contributed by atoms with Crippen LogP contribution in [0.5, 0.6) is 0 Å². The minimum Gasteiger partial charge on any atom is -0.396 e. The summed E-state index contributed by atoms with van der Waals surface area (Å²) in [6.07, 6.45) is 6.63. The van der Waals surface area contributed by atoms with E-state index in [9.17, 15) is 0 Å². The first-order chi connectivity index (χ1) is 8.24. The van der Waals surface area contributed by atoms with E-state index in [1.165, 1.54) is 0 Å². The molecule has 0 atom stereocenters. The van der Waals surface area contributed by atoms with Gasteiger partial charge >= 0.3 is 0 Å². The Labute approximate surface area is 104 Å². The van der Waals surface area contributed by atoms with Gasteiger partial charge in [0.15, 0.2) is 0 Å². The molecule has 0 aromatic carbocycles. The molecule has 0 aromatic heterocycles. The Kier molecular flexibility index (Phi) is 10.9. The Morgan fingerprint density at radius 2 is 0.706 bits per heavy atom. The molecule has 0 bridgehead atoms. The van der Waals surface area contributed by atoms with Crippen molar-refractivity contribution in [2.24, 2.45) is 5.41 Å². The van der Waals surface area contributed by atoms with Crippen molar-refractivity contribution < 1.29 is 20.4 Å². The minimum atomic E-state index is 0.0664. The van der Waals surface area contributed by atoms with Gasteiger partial charge in [0, 0.05) is 26.4 Å². The molecule has 0 unspecified atom stereocenters. The van der Waals surface area contributed by atoms with Crippen LogP contribution in [0.3, 0.4) is 0 Å². The Morgan fingerprint density at radius 3 is 0.882 bits per heavy atom. The second-order valence-corrected chi connectivity index (χ2v) is 4.81. The van der Waals surface area contributed by atoms with E-state index in [2.05, 4.69) is 0 Å². The number of hydrogen-bond acceptors (Lipinski definition) is 4. The minimum absolute atomic E-state index is 0.0664. The third-order valence-electron chi connectivity index (χ3n) is 3.46. The first-order valence-corrected chi connectivity index (χ1v) is 6.68. The fourth-order valence-electron chi connectivity index (χ4n) is 2.57. The van der Waals surface area contributed by atoms with Crippen LogP contribution in [-0.2, 0) is 0 Å². The lowest BCUT2D eigenvalue weighted by atomic mass is 9.72. The molecule has 0 aliphatic carbocycles. The zero-order chi connectivity index (χ0) is 13.0. The predicted octanol–water partition coefficient (Wildman–Crippen LogP) is 1.06. The Morgan fingerprint density at radius 1 is 0.471 bits per heavy atom. The maximum absolute atomic E-state index is 8.96. The fourth-order valence-corrected chi connectivity index (χ4v) is 2.57. The van der Waals surface area contributed by atoms with Crippen molar-refractivity contribution in [3.05, 3.63) is 0 Å². The molecule has 104 valence electrons. The van der Waals surface area contributed by atoms with Gasteiger partial charge in [-0.3, -0.25) is 0 Å². The molecule has 4 N–H and O–H groups in total. The second kappa shape index (κ2) is 11.0. The van der Waals surface area contributed by atoms with Gasteiger partial charge in [0.1, 0.15) is 0 Å². The zero-order valence-corrected chi connectivity index (χ0v) is 10.8. The van der Waals surface area contributed by atoms with Crippen molar-refractivity contribution in [1.29, 1.82) is 0 Å². The summed E-state index contributed by atoms with van der Waals surface area (Å²) in [7, 11) is 0. The molecule has 0 amide bonds. The summed E-state index contributed by atoms with van der Waals surface area (Å²) < 4.78 is 0. The maximum atomic E-state index is 8.96. The highest BCUT2D eigenvalue weighted by Crippen LogP contribution is 2.39. The molecule has 0 rings (SSSR count). The van der Waals surface area contributed by atoms with Crippen molar-refractivity contribution in [3.8, 4) is 0 Å². The molecule has 17 heavy (non-hydrogen) atoms. The first kappa shape index (κ1) is 16.8. The molecule has 4 nitrogen and oxygen atoms in total. The highest BCUT2D eigenvalue weighted by atomic mass is 16.3. The maximum Gasteiger partial charge on any atom is 0.0431 e. The van der Waals surface area contributed by atoms with Gasteiger partial charge in [-0.2, -0.15) is 0 Å².